The number of carbonyl (C=O) groups is 2. The third-order valence-electron chi connectivity index (χ3n) is 6.33. The average Bonchev–Trinajstić information content (AvgIpc) is 2.83. The highest BCUT2D eigenvalue weighted by atomic mass is 32.2. The molecule has 35 heavy (non-hydrogen) atoms. The summed E-state index contributed by atoms with van der Waals surface area (Å²) in [4.78, 5) is 28.4. The number of halogens is 1. The van der Waals surface area contributed by atoms with E-state index in [0.29, 0.717) is 6.42 Å². The van der Waals surface area contributed by atoms with Crippen LogP contribution in [-0.4, -0.2) is 50.0 Å². The molecule has 1 fully saturated rings. The maximum Gasteiger partial charge on any atom is 0.244 e. The Hall–Kier alpha value is -2.94. The van der Waals surface area contributed by atoms with Crippen LogP contribution in [0.25, 0.3) is 0 Å². The lowest BCUT2D eigenvalue weighted by Gasteiger charge is -2.34. The van der Waals surface area contributed by atoms with Gasteiger partial charge in [0.05, 0.1) is 11.9 Å². The first-order valence-electron chi connectivity index (χ1n) is 12.1. The van der Waals surface area contributed by atoms with Crippen molar-refractivity contribution in [1.29, 1.82) is 0 Å². The molecule has 7 nitrogen and oxygen atoms in total. The van der Waals surface area contributed by atoms with Crippen molar-refractivity contribution in [2.45, 2.75) is 64.1 Å². The van der Waals surface area contributed by atoms with Crippen molar-refractivity contribution in [3.63, 3.8) is 0 Å². The molecule has 0 heterocycles. The molecule has 0 aromatic heterocycles. The van der Waals surface area contributed by atoms with Crippen LogP contribution in [0.2, 0.25) is 0 Å². The van der Waals surface area contributed by atoms with Gasteiger partial charge in [-0.3, -0.25) is 13.9 Å². The summed E-state index contributed by atoms with van der Waals surface area (Å²) < 4.78 is 39.5. The van der Waals surface area contributed by atoms with Crippen LogP contribution in [0.4, 0.5) is 10.1 Å². The normalized spacial score (nSPS) is 15.3. The monoisotopic (exact) mass is 503 g/mol. The van der Waals surface area contributed by atoms with Crippen LogP contribution in [0.1, 0.15) is 51.0 Å². The summed E-state index contributed by atoms with van der Waals surface area (Å²) >= 11 is 0. The largest absolute Gasteiger partial charge is 0.352 e. The second-order valence-corrected chi connectivity index (χ2v) is 10.9. The topological polar surface area (TPSA) is 86.8 Å². The lowest BCUT2D eigenvalue weighted by Crippen LogP contribution is -2.53. The van der Waals surface area contributed by atoms with Gasteiger partial charge in [-0.2, -0.15) is 0 Å². The van der Waals surface area contributed by atoms with E-state index >= 15 is 0 Å². The zero-order valence-corrected chi connectivity index (χ0v) is 21.1. The number of rotatable bonds is 10. The minimum atomic E-state index is -3.84. The van der Waals surface area contributed by atoms with Gasteiger partial charge in [-0.05, 0) is 49.1 Å². The number of nitrogens with zero attached hydrogens (tertiary/aromatic N) is 2. The number of nitrogens with one attached hydrogen (secondary N) is 1. The third-order valence-corrected chi connectivity index (χ3v) is 7.47. The Morgan fingerprint density at radius 3 is 2.23 bits per heavy atom. The van der Waals surface area contributed by atoms with E-state index in [1.54, 1.807) is 0 Å². The molecule has 1 aliphatic rings. The summed E-state index contributed by atoms with van der Waals surface area (Å²) in [5.74, 6) is -1.24. The number of amides is 2. The van der Waals surface area contributed by atoms with E-state index in [0.717, 1.165) is 60.4 Å². The Labute approximate surface area is 207 Å². The maximum absolute atomic E-state index is 13.6. The molecule has 0 spiro atoms. The molecule has 0 radical (unpaired) electrons. The number of benzene rings is 2. The van der Waals surface area contributed by atoms with Crippen LogP contribution in [0.15, 0.2) is 54.6 Å². The van der Waals surface area contributed by atoms with Crippen molar-refractivity contribution in [3.8, 4) is 0 Å². The van der Waals surface area contributed by atoms with Crippen molar-refractivity contribution in [3.05, 3.63) is 66.0 Å². The van der Waals surface area contributed by atoms with Gasteiger partial charge in [0.25, 0.3) is 0 Å². The molecule has 0 saturated heterocycles. The summed E-state index contributed by atoms with van der Waals surface area (Å²) in [5, 5.41) is 3.11. The van der Waals surface area contributed by atoms with Gasteiger partial charge in [-0.15, -0.1) is 0 Å². The molecule has 2 amide bonds. The fourth-order valence-corrected chi connectivity index (χ4v) is 5.31. The van der Waals surface area contributed by atoms with Crippen molar-refractivity contribution >= 4 is 27.5 Å². The highest BCUT2D eigenvalue weighted by Gasteiger charge is 2.32. The first-order chi connectivity index (χ1) is 16.7. The van der Waals surface area contributed by atoms with E-state index in [4.69, 9.17) is 0 Å². The minimum absolute atomic E-state index is 0.0886. The Balaban J connectivity index is 1.88. The fourth-order valence-electron chi connectivity index (χ4n) is 4.46. The minimum Gasteiger partial charge on any atom is -0.352 e. The first kappa shape index (κ1) is 26.7. The van der Waals surface area contributed by atoms with Crippen molar-refractivity contribution in [2.75, 3.05) is 17.1 Å². The molecule has 1 atom stereocenters. The number of sulfonamides is 1. The summed E-state index contributed by atoms with van der Waals surface area (Å²) in [7, 11) is -3.84. The molecular formula is C26H34FN3O4S. The molecule has 1 aliphatic carbocycles. The van der Waals surface area contributed by atoms with Gasteiger partial charge in [0.15, 0.2) is 0 Å². The summed E-state index contributed by atoms with van der Waals surface area (Å²) in [6.07, 6.45) is 6.50. The Morgan fingerprint density at radius 2 is 1.66 bits per heavy atom. The highest BCUT2D eigenvalue weighted by Crippen LogP contribution is 2.21. The van der Waals surface area contributed by atoms with E-state index in [1.165, 1.54) is 17.0 Å². The van der Waals surface area contributed by atoms with Gasteiger partial charge in [0.2, 0.25) is 21.8 Å². The zero-order valence-electron chi connectivity index (χ0n) is 20.3. The van der Waals surface area contributed by atoms with E-state index in [9.17, 15) is 22.4 Å². The number of hydrogen-bond donors (Lipinski definition) is 1. The molecule has 0 bridgehead atoms. The lowest BCUT2D eigenvalue weighted by molar-refractivity contribution is -0.140. The Morgan fingerprint density at radius 1 is 1.03 bits per heavy atom. The van der Waals surface area contributed by atoms with Crippen molar-refractivity contribution in [2.24, 2.45) is 0 Å². The standard InChI is InChI=1S/C26H34FN3O4S/c1-3-24(26(32)28-22-12-8-5-9-13-22)29(18-20-10-6-4-7-11-20)25(31)19-30(35(2,33)34)23-16-14-21(27)15-17-23/h4,6-7,10-11,14-17,22,24H,3,5,8-9,12-13,18-19H2,1-2H3,(H,28,32)/t24-/m0/s1. The van der Waals surface area contributed by atoms with Gasteiger partial charge in [-0.1, -0.05) is 56.5 Å². The fraction of sp³-hybridized carbons (Fsp3) is 0.462. The van der Waals surface area contributed by atoms with E-state index in [2.05, 4.69) is 5.32 Å². The van der Waals surface area contributed by atoms with Gasteiger partial charge in [0.1, 0.15) is 18.4 Å². The van der Waals surface area contributed by atoms with E-state index in [1.807, 2.05) is 37.3 Å². The van der Waals surface area contributed by atoms with Crippen LogP contribution in [-0.2, 0) is 26.2 Å². The quantitative estimate of drug-likeness (QED) is 0.534. The summed E-state index contributed by atoms with van der Waals surface area (Å²) in [6.45, 7) is 1.51. The molecule has 0 unspecified atom stereocenters. The van der Waals surface area contributed by atoms with Gasteiger partial charge >= 0.3 is 0 Å². The predicted octanol–water partition coefficient (Wildman–Crippen LogP) is 3.85. The predicted molar refractivity (Wildman–Crippen MR) is 135 cm³/mol. The van der Waals surface area contributed by atoms with E-state index in [-0.39, 0.29) is 24.2 Å². The molecule has 1 N–H and O–H groups in total. The van der Waals surface area contributed by atoms with Crippen LogP contribution >= 0.6 is 0 Å². The van der Waals surface area contributed by atoms with Crippen LogP contribution in [0, 0.1) is 5.82 Å². The molecule has 2 aromatic rings. The average molecular weight is 504 g/mol. The van der Waals surface area contributed by atoms with Crippen LogP contribution < -0.4 is 9.62 Å². The summed E-state index contributed by atoms with van der Waals surface area (Å²) in [6, 6.07) is 13.5. The smallest absolute Gasteiger partial charge is 0.244 e. The number of carbonyl (C=O) groups excluding carboxylic acids is 2. The second-order valence-electron chi connectivity index (χ2n) is 9.02. The molecule has 0 aliphatic heterocycles. The lowest BCUT2D eigenvalue weighted by atomic mass is 9.95. The number of hydrogen-bond acceptors (Lipinski definition) is 4. The highest BCUT2D eigenvalue weighted by molar-refractivity contribution is 7.92. The SMILES string of the molecule is CC[C@@H](C(=O)NC1CCCCC1)N(Cc1ccccc1)C(=O)CN(c1ccc(F)cc1)S(C)(=O)=O. The van der Waals surface area contributed by atoms with E-state index < -0.39 is 34.3 Å². The van der Waals surface area contributed by atoms with Gasteiger partial charge < -0.3 is 10.2 Å². The van der Waals surface area contributed by atoms with Crippen LogP contribution in [0.5, 0.6) is 0 Å². The number of anilines is 1. The summed E-state index contributed by atoms with van der Waals surface area (Å²) in [5.41, 5.74) is 1.01. The molecule has 9 heteroatoms. The Bertz CT molecular complexity index is 1090. The molecule has 3 rings (SSSR count). The van der Waals surface area contributed by atoms with Crippen LogP contribution in [0.3, 0.4) is 0 Å². The Kier molecular flexibility index (Phi) is 9.26. The van der Waals surface area contributed by atoms with Crippen molar-refractivity contribution in [1.82, 2.24) is 10.2 Å². The molecule has 190 valence electrons. The second kappa shape index (κ2) is 12.2. The zero-order chi connectivity index (χ0) is 25.4. The van der Waals surface area contributed by atoms with Gasteiger partial charge in [0, 0.05) is 12.6 Å². The molecule has 1 saturated carbocycles. The van der Waals surface area contributed by atoms with Crippen molar-refractivity contribution < 1.29 is 22.4 Å². The molecule has 2 aromatic carbocycles. The first-order valence-corrected chi connectivity index (χ1v) is 13.9. The van der Waals surface area contributed by atoms with Gasteiger partial charge in [-0.25, -0.2) is 12.8 Å². The molecular weight excluding hydrogens is 469 g/mol. The third kappa shape index (κ3) is 7.52. The maximum atomic E-state index is 13.6.